The minimum Gasteiger partial charge on any atom is -0.344 e. The first kappa shape index (κ1) is 10.4. The lowest BCUT2D eigenvalue weighted by molar-refractivity contribution is 1.01. The van der Waals surface area contributed by atoms with Crippen molar-refractivity contribution in [3.8, 4) is 12.1 Å². The molecular weight excluding hydrogens is 222 g/mol. The Balaban J connectivity index is 2.60. The molecule has 0 saturated carbocycles. The van der Waals surface area contributed by atoms with E-state index in [-0.39, 0.29) is 0 Å². The van der Waals surface area contributed by atoms with Crippen LogP contribution in [0.1, 0.15) is 11.1 Å². The van der Waals surface area contributed by atoms with E-state index in [0.29, 0.717) is 11.1 Å². The summed E-state index contributed by atoms with van der Waals surface area (Å²) in [5.41, 5.74) is 3.29. The number of aryl methyl sites for hydroxylation is 1. The summed E-state index contributed by atoms with van der Waals surface area (Å²) in [7, 11) is 1.95. The predicted octanol–water partition coefficient (Wildman–Crippen LogP) is 3.07. The van der Waals surface area contributed by atoms with Crippen molar-refractivity contribution in [1.29, 1.82) is 10.5 Å². The van der Waals surface area contributed by atoms with Crippen molar-refractivity contribution >= 4 is 21.8 Å². The molecule has 18 heavy (non-hydrogen) atoms. The van der Waals surface area contributed by atoms with Crippen molar-refractivity contribution in [2.45, 2.75) is 0 Å². The molecule has 0 aliphatic rings. The standard InChI is InChI=1S/C15H9N3/c1-18-13-4-2-3-11(9-17)15(13)12-6-5-10(8-16)7-14(12)18/h2-7H,1H3. The Morgan fingerprint density at radius 3 is 2.56 bits per heavy atom. The Kier molecular flexibility index (Phi) is 2.08. The van der Waals surface area contributed by atoms with E-state index in [0.717, 1.165) is 21.8 Å². The van der Waals surface area contributed by atoms with E-state index >= 15 is 0 Å². The van der Waals surface area contributed by atoms with E-state index in [9.17, 15) is 5.26 Å². The van der Waals surface area contributed by atoms with Crippen LogP contribution >= 0.6 is 0 Å². The fourth-order valence-electron chi connectivity index (χ4n) is 2.42. The zero-order chi connectivity index (χ0) is 12.7. The molecule has 0 N–H and O–H groups in total. The molecule has 0 spiro atoms. The van der Waals surface area contributed by atoms with Gasteiger partial charge in [-0.3, -0.25) is 0 Å². The summed E-state index contributed by atoms with van der Waals surface area (Å²) in [6.07, 6.45) is 0. The minimum atomic E-state index is 0.631. The summed E-state index contributed by atoms with van der Waals surface area (Å²) < 4.78 is 2.02. The van der Waals surface area contributed by atoms with Gasteiger partial charge in [0.05, 0.1) is 34.3 Å². The van der Waals surface area contributed by atoms with E-state index in [1.165, 1.54) is 0 Å². The third-order valence-electron chi connectivity index (χ3n) is 3.28. The van der Waals surface area contributed by atoms with Gasteiger partial charge in [0.25, 0.3) is 0 Å². The maximum Gasteiger partial charge on any atom is 0.0998 e. The highest BCUT2D eigenvalue weighted by molar-refractivity contribution is 6.10. The van der Waals surface area contributed by atoms with E-state index < -0.39 is 0 Å². The number of nitriles is 2. The molecule has 3 nitrogen and oxygen atoms in total. The molecule has 84 valence electrons. The van der Waals surface area contributed by atoms with Gasteiger partial charge in [0.15, 0.2) is 0 Å². The third kappa shape index (κ3) is 1.22. The number of benzene rings is 2. The zero-order valence-corrected chi connectivity index (χ0v) is 9.81. The Labute approximate surface area is 104 Å². The molecule has 0 bridgehead atoms. The van der Waals surface area contributed by atoms with Gasteiger partial charge in [-0.25, -0.2) is 0 Å². The molecule has 2 aromatic carbocycles. The number of hydrogen-bond acceptors (Lipinski definition) is 2. The van der Waals surface area contributed by atoms with Crippen molar-refractivity contribution in [3.63, 3.8) is 0 Å². The first-order chi connectivity index (χ1) is 8.76. The molecule has 0 atom stereocenters. The highest BCUT2D eigenvalue weighted by atomic mass is 14.9. The second-order valence-electron chi connectivity index (χ2n) is 4.21. The van der Waals surface area contributed by atoms with E-state index in [2.05, 4.69) is 12.1 Å². The average Bonchev–Trinajstić information content (AvgIpc) is 2.72. The second kappa shape index (κ2) is 3.61. The fourth-order valence-corrected chi connectivity index (χ4v) is 2.42. The molecule has 3 aromatic rings. The highest BCUT2D eigenvalue weighted by Crippen LogP contribution is 2.30. The maximum atomic E-state index is 9.19. The minimum absolute atomic E-state index is 0.631. The molecule has 0 aliphatic carbocycles. The smallest absolute Gasteiger partial charge is 0.0998 e. The van der Waals surface area contributed by atoms with Crippen molar-refractivity contribution in [1.82, 2.24) is 4.57 Å². The van der Waals surface area contributed by atoms with Gasteiger partial charge in [-0.1, -0.05) is 12.1 Å². The van der Waals surface area contributed by atoms with Gasteiger partial charge in [-0.2, -0.15) is 10.5 Å². The number of rotatable bonds is 0. The average molecular weight is 231 g/mol. The topological polar surface area (TPSA) is 52.5 Å². The van der Waals surface area contributed by atoms with Crippen LogP contribution in [0.4, 0.5) is 0 Å². The molecule has 0 saturated heterocycles. The Hall–Kier alpha value is -2.78. The summed E-state index contributed by atoms with van der Waals surface area (Å²) in [5, 5.41) is 20.1. The summed E-state index contributed by atoms with van der Waals surface area (Å²) in [6.45, 7) is 0. The first-order valence-electron chi connectivity index (χ1n) is 5.57. The largest absolute Gasteiger partial charge is 0.344 e. The van der Waals surface area contributed by atoms with Crippen molar-refractivity contribution in [2.75, 3.05) is 0 Å². The van der Waals surface area contributed by atoms with Gasteiger partial charge < -0.3 is 4.57 Å². The van der Waals surface area contributed by atoms with Crippen LogP contribution in [-0.4, -0.2) is 4.57 Å². The molecule has 0 radical (unpaired) electrons. The third-order valence-corrected chi connectivity index (χ3v) is 3.28. The van der Waals surface area contributed by atoms with E-state index in [4.69, 9.17) is 5.26 Å². The summed E-state index contributed by atoms with van der Waals surface area (Å²) >= 11 is 0. The molecule has 0 unspecified atom stereocenters. The molecular formula is C15H9N3. The van der Waals surface area contributed by atoms with Crippen molar-refractivity contribution < 1.29 is 0 Å². The number of fused-ring (bicyclic) bond motifs is 3. The van der Waals surface area contributed by atoms with Crippen LogP contribution in [0.3, 0.4) is 0 Å². The van der Waals surface area contributed by atoms with Crippen LogP contribution in [0.2, 0.25) is 0 Å². The number of nitrogens with zero attached hydrogens (tertiary/aromatic N) is 3. The zero-order valence-electron chi connectivity index (χ0n) is 9.81. The van der Waals surface area contributed by atoms with Crippen LogP contribution in [0.25, 0.3) is 21.8 Å². The van der Waals surface area contributed by atoms with Crippen LogP contribution in [0, 0.1) is 22.7 Å². The predicted molar refractivity (Wildman–Crippen MR) is 69.9 cm³/mol. The summed E-state index contributed by atoms with van der Waals surface area (Å²) in [4.78, 5) is 0. The van der Waals surface area contributed by atoms with Gasteiger partial charge in [-0.05, 0) is 24.3 Å². The lowest BCUT2D eigenvalue weighted by Crippen LogP contribution is -1.87. The van der Waals surface area contributed by atoms with Gasteiger partial charge in [0, 0.05) is 17.8 Å². The molecule has 3 heteroatoms. The quantitative estimate of drug-likeness (QED) is 0.597. The lowest BCUT2D eigenvalue weighted by atomic mass is 10.1. The van der Waals surface area contributed by atoms with E-state index in [1.54, 1.807) is 6.07 Å². The highest BCUT2D eigenvalue weighted by Gasteiger charge is 2.11. The second-order valence-corrected chi connectivity index (χ2v) is 4.21. The Morgan fingerprint density at radius 1 is 1.00 bits per heavy atom. The van der Waals surface area contributed by atoms with Crippen LogP contribution in [0.5, 0.6) is 0 Å². The SMILES string of the molecule is Cn1c2cc(C#N)ccc2c2c(C#N)cccc21. The molecule has 3 rings (SSSR count). The monoisotopic (exact) mass is 231 g/mol. The van der Waals surface area contributed by atoms with Gasteiger partial charge >= 0.3 is 0 Å². The van der Waals surface area contributed by atoms with E-state index in [1.807, 2.05) is 41.9 Å². The normalized spacial score (nSPS) is 10.4. The summed E-state index contributed by atoms with van der Waals surface area (Å²) in [5.74, 6) is 0. The number of hydrogen-bond donors (Lipinski definition) is 0. The van der Waals surface area contributed by atoms with Crippen molar-refractivity contribution in [3.05, 3.63) is 47.5 Å². The number of aromatic nitrogens is 1. The lowest BCUT2D eigenvalue weighted by Gasteiger charge is -1.97. The molecule has 0 fully saturated rings. The molecule has 0 amide bonds. The Morgan fingerprint density at radius 2 is 1.83 bits per heavy atom. The van der Waals surface area contributed by atoms with Crippen LogP contribution in [0.15, 0.2) is 36.4 Å². The van der Waals surface area contributed by atoms with Crippen LogP contribution < -0.4 is 0 Å². The van der Waals surface area contributed by atoms with Gasteiger partial charge in [0.2, 0.25) is 0 Å². The van der Waals surface area contributed by atoms with Crippen molar-refractivity contribution in [2.24, 2.45) is 7.05 Å². The molecule has 1 aromatic heterocycles. The summed E-state index contributed by atoms with van der Waals surface area (Å²) in [6, 6.07) is 15.6. The Bertz CT molecular complexity index is 857. The molecule has 1 heterocycles. The molecule has 0 aliphatic heterocycles. The maximum absolute atomic E-state index is 9.19. The first-order valence-corrected chi connectivity index (χ1v) is 5.57. The van der Waals surface area contributed by atoms with Gasteiger partial charge in [-0.15, -0.1) is 0 Å². The van der Waals surface area contributed by atoms with Gasteiger partial charge in [0.1, 0.15) is 0 Å². The fraction of sp³-hybridized carbons (Fsp3) is 0.0667. The van der Waals surface area contributed by atoms with Crippen LogP contribution in [-0.2, 0) is 7.05 Å².